The molecule has 23 heavy (non-hydrogen) atoms. The van der Waals surface area contributed by atoms with E-state index >= 15 is 0 Å². The highest BCUT2D eigenvalue weighted by Crippen LogP contribution is 2.33. The van der Waals surface area contributed by atoms with Gasteiger partial charge in [-0.3, -0.25) is 4.79 Å². The molecule has 0 bridgehead atoms. The van der Waals surface area contributed by atoms with E-state index in [4.69, 9.17) is 0 Å². The van der Waals surface area contributed by atoms with Gasteiger partial charge in [-0.2, -0.15) is 13.2 Å². The third kappa shape index (κ3) is 3.26. The first-order valence-electron chi connectivity index (χ1n) is 6.79. The zero-order chi connectivity index (χ0) is 16.4. The summed E-state index contributed by atoms with van der Waals surface area (Å²) in [5, 5.41) is 0. The van der Waals surface area contributed by atoms with Crippen LogP contribution in [-0.4, -0.2) is 51.9 Å². The van der Waals surface area contributed by atoms with Crippen LogP contribution in [0.1, 0.15) is 15.4 Å². The van der Waals surface area contributed by atoms with Crippen LogP contribution in [0.5, 0.6) is 0 Å². The second-order valence-corrected chi connectivity index (χ2v) is 5.71. The summed E-state index contributed by atoms with van der Waals surface area (Å²) in [7, 11) is 0. The van der Waals surface area contributed by atoms with Crippen molar-refractivity contribution >= 4 is 23.2 Å². The van der Waals surface area contributed by atoms with Crippen molar-refractivity contribution in [3.8, 4) is 0 Å². The number of carbonyl (C=O) groups excluding carboxylic acids is 1. The van der Waals surface area contributed by atoms with Crippen molar-refractivity contribution in [2.45, 2.75) is 6.18 Å². The molecule has 6 nitrogen and oxygen atoms in total. The Hall–Kier alpha value is -2.23. The zero-order valence-corrected chi connectivity index (χ0v) is 12.6. The first-order valence-corrected chi connectivity index (χ1v) is 7.66. The number of aromatic nitrogens is 3. The lowest BCUT2D eigenvalue weighted by Gasteiger charge is -2.34. The number of thiazole rings is 1. The van der Waals surface area contributed by atoms with E-state index in [0.29, 0.717) is 43.5 Å². The van der Waals surface area contributed by atoms with Crippen LogP contribution in [0.4, 0.5) is 19.1 Å². The van der Waals surface area contributed by atoms with E-state index in [1.807, 2.05) is 4.90 Å². The summed E-state index contributed by atoms with van der Waals surface area (Å²) in [5.74, 6) is -0.0816. The number of rotatable bonds is 2. The largest absolute Gasteiger partial charge is 0.434 e. The highest BCUT2D eigenvalue weighted by Gasteiger charge is 2.39. The highest BCUT2D eigenvalue weighted by atomic mass is 32.1. The molecule has 3 rings (SSSR count). The maximum atomic E-state index is 12.8. The number of hydrogen-bond acceptors (Lipinski definition) is 6. The number of hydrogen-bond donors (Lipinski definition) is 0. The Morgan fingerprint density at radius 3 is 2.35 bits per heavy atom. The molecular weight excluding hydrogens is 331 g/mol. The minimum atomic E-state index is -4.62. The summed E-state index contributed by atoms with van der Waals surface area (Å²) in [4.78, 5) is 26.8. The molecule has 10 heteroatoms. The SMILES string of the molecule is O=C(c1scnc1C(F)(F)F)N1CCN(c2ncccn2)CC1. The lowest BCUT2D eigenvalue weighted by Crippen LogP contribution is -2.49. The van der Waals surface area contributed by atoms with E-state index < -0.39 is 17.8 Å². The first-order chi connectivity index (χ1) is 11.0. The van der Waals surface area contributed by atoms with Crippen LogP contribution in [0.2, 0.25) is 0 Å². The molecule has 0 N–H and O–H groups in total. The minimum absolute atomic E-state index is 0.312. The molecule has 2 aromatic rings. The van der Waals surface area contributed by atoms with Crippen LogP contribution in [-0.2, 0) is 6.18 Å². The topological polar surface area (TPSA) is 62.2 Å². The standard InChI is InChI=1S/C13H12F3N5OS/c14-13(15,16)10-9(23-8-19-10)11(22)20-4-6-21(7-5-20)12-17-2-1-3-18-12/h1-3,8H,4-7H2. The molecule has 0 aromatic carbocycles. The van der Waals surface area contributed by atoms with Crippen molar-refractivity contribution < 1.29 is 18.0 Å². The number of halogens is 3. The molecule has 1 amide bonds. The summed E-state index contributed by atoms with van der Waals surface area (Å²) < 4.78 is 38.5. The predicted octanol–water partition coefficient (Wildman–Crippen LogP) is 1.91. The molecule has 122 valence electrons. The van der Waals surface area contributed by atoms with Gasteiger partial charge in [0.1, 0.15) is 4.88 Å². The quantitative estimate of drug-likeness (QED) is 0.834. The van der Waals surface area contributed by atoms with Gasteiger partial charge in [0.05, 0.1) is 5.51 Å². The Balaban J connectivity index is 1.69. The average molecular weight is 343 g/mol. The normalized spacial score (nSPS) is 15.8. The van der Waals surface area contributed by atoms with E-state index in [0.717, 1.165) is 5.51 Å². The number of alkyl halides is 3. The van der Waals surface area contributed by atoms with E-state index in [9.17, 15) is 18.0 Å². The van der Waals surface area contributed by atoms with Crippen LogP contribution < -0.4 is 4.90 Å². The van der Waals surface area contributed by atoms with Crippen molar-refractivity contribution in [2.75, 3.05) is 31.1 Å². The molecule has 0 saturated carbocycles. The smallest absolute Gasteiger partial charge is 0.337 e. The summed E-state index contributed by atoms with van der Waals surface area (Å²) in [6.07, 6.45) is -1.38. The van der Waals surface area contributed by atoms with Crippen LogP contribution in [0.25, 0.3) is 0 Å². The zero-order valence-electron chi connectivity index (χ0n) is 11.8. The predicted molar refractivity (Wildman–Crippen MR) is 77.3 cm³/mol. The minimum Gasteiger partial charge on any atom is -0.337 e. The summed E-state index contributed by atoms with van der Waals surface area (Å²) in [6.45, 7) is 1.56. The molecule has 0 radical (unpaired) electrons. The Labute approximate surface area is 133 Å². The number of amides is 1. The van der Waals surface area contributed by atoms with Gasteiger partial charge in [-0.15, -0.1) is 11.3 Å². The van der Waals surface area contributed by atoms with Crippen LogP contribution in [0.15, 0.2) is 24.0 Å². The molecule has 1 aliphatic rings. The molecule has 0 aliphatic carbocycles. The van der Waals surface area contributed by atoms with Gasteiger partial charge in [-0.1, -0.05) is 0 Å². The van der Waals surface area contributed by atoms with Gasteiger partial charge < -0.3 is 9.80 Å². The van der Waals surface area contributed by atoms with Crippen molar-refractivity contribution in [3.63, 3.8) is 0 Å². The lowest BCUT2D eigenvalue weighted by molar-refractivity contribution is -0.141. The highest BCUT2D eigenvalue weighted by molar-refractivity contribution is 7.11. The fourth-order valence-electron chi connectivity index (χ4n) is 2.31. The van der Waals surface area contributed by atoms with Gasteiger partial charge in [0.15, 0.2) is 5.69 Å². The number of carbonyl (C=O) groups is 1. The first kappa shape index (κ1) is 15.7. The number of anilines is 1. The molecule has 0 unspecified atom stereocenters. The third-order valence-electron chi connectivity index (χ3n) is 3.43. The van der Waals surface area contributed by atoms with Gasteiger partial charge in [0, 0.05) is 38.6 Å². The van der Waals surface area contributed by atoms with Crippen LogP contribution in [0.3, 0.4) is 0 Å². The second kappa shape index (κ2) is 6.11. The Morgan fingerprint density at radius 2 is 1.74 bits per heavy atom. The molecule has 3 heterocycles. The van der Waals surface area contributed by atoms with Crippen LogP contribution >= 0.6 is 11.3 Å². The maximum Gasteiger partial charge on any atom is 0.434 e. The fraction of sp³-hybridized carbons (Fsp3) is 0.385. The number of piperazine rings is 1. The Kier molecular flexibility index (Phi) is 4.16. The number of nitrogens with zero attached hydrogens (tertiary/aromatic N) is 5. The third-order valence-corrected chi connectivity index (χ3v) is 4.25. The average Bonchev–Trinajstić information content (AvgIpc) is 3.05. The molecular formula is C13H12F3N5OS. The van der Waals surface area contributed by atoms with E-state index in [-0.39, 0.29) is 4.88 Å². The summed E-state index contributed by atoms with van der Waals surface area (Å²) in [6, 6.07) is 1.70. The molecule has 1 fully saturated rings. The molecule has 0 spiro atoms. The van der Waals surface area contributed by atoms with E-state index in [1.165, 1.54) is 4.90 Å². The van der Waals surface area contributed by atoms with Gasteiger partial charge in [0.25, 0.3) is 5.91 Å². The van der Waals surface area contributed by atoms with Crippen LogP contribution in [0, 0.1) is 0 Å². The summed E-state index contributed by atoms with van der Waals surface area (Å²) in [5.41, 5.74) is -0.0641. The molecule has 1 saturated heterocycles. The fourth-order valence-corrected chi connectivity index (χ4v) is 3.08. The van der Waals surface area contributed by atoms with Crippen molar-refractivity contribution in [1.82, 2.24) is 19.9 Å². The monoisotopic (exact) mass is 343 g/mol. The lowest BCUT2D eigenvalue weighted by atomic mass is 10.2. The van der Waals surface area contributed by atoms with Crippen molar-refractivity contribution in [1.29, 1.82) is 0 Å². The van der Waals surface area contributed by atoms with Gasteiger partial charge in [-0.25, -0.2) is 15.0 Å². The molecule has 0 atom stereocenters. The van der Waals surface area contributed by atoms with E-state index in [1.54, 1.807) is 18.5 Å². The molecule has 1 aliphatic heterocycles. The Morgan fingerprint density at radius 1 is 1.09 bits per heavy atom. The van der Waals surface area contributed by atoms with Gasteiger partial charge in [-0.05, 0) is 6.07 Å². The van der Waals surface area contributed by atoms with E-state index in [2.05, 4.69) is 15.0 Å². The van der Waals surface area contributed by atoms with Gasteiger partial charge >= 0.3 is 6.18 Å². The second-order valence-electron chi connectivity index (χ2n) is 4.86. The Bertz CT molecular complexity index is 682. The molecule has 2 aromatic heterocycles. The van der Waals surface area contributed by atoms with Gasteiger partial charge in [0.2, 0.25) is 5.95 Å². The van der Waals surface area contributed by atoms with Crippen molar-refractivity contribution in [3.05, 3.63) is 34.5 Å². The summed E-state index contributed by atoms with van der Waals surface area (Å²) >= 11 is 0.715. The van der Waals surface area contributed by atoms with Crippen molar-refractivity contribution in [2.24, 2.45) is 0 Å². The maximum absolute atomic E-state index is 12.8.